The van der Waals surface area contributed by atoms with Crippen LogP contribution in [0.15, 0.2) is 17.0 Å². The van der Waals surface area contributed by atoms with Gasteiger partial charge in [-0.15, -0.1) is 0 Å². The number of benzene rings is 1. The first-order valence-electron chi connectivity index (χ1n) is 4.98. The first-order chi connectivity index (χ1) is 8.10. The van der Waals surface area contributed by atoms with Crippen molar-refractivity contribution in [1.82, 2.24) is 4.72 Å². The molecule has 0 aromatic heterocycles. The van der Waals surface area contributed by atoms with Crippen LogP contribution < -0.4 is 10.5 Å². The van der Waals surface area contributed by atoms with Crippen molar-refractivity contribution in [3.8, 4) is 0 Å². The van der Waals surface area contributed by atoms with E-state index in [9.17, 15) is 21.6 Å². The zero-order chi connectivity index (χ0) is 14.1. The maximum Gasteiger partial charge on any atom is 0.244 e. The minimum Gasteiger partial charge on any atom is -0.329 e. The normalized spacial score (nSPS) is 12.8. The van der Waals surface area contributed by atoms with E-state index in [1.54, 1.807) is 0 Å². The number of halogens is 3. The molecule has 0 spiro atoms. The van der Waals surface area contributed by atoms with Crippen LogP contribution in [0.5, 0.6) is 0 Å². The molecule has 0 saturated carbocycles. The summed E-state index contributed by atoms with van der Waals surface area (Å²) in [7, 11) is -4.31. The van der Waals surface area contributed by atoms with Gasteiger partial charge in [-0.3, -0.25) is 0 Å². The summed E-state index contributed by atoms with van der Waals surface area (Å²) in [6.07, 6.45) is 0. The lowest BCUT2D eigenvalue weighted by Gasteiger charge is -2.24. The predicted molar refractivity (Wildman–Crippen MR) is 59.8 cm³/mol. The first kappa shape index (κ1) is 14.9. The SMILES string of the molecule is CC(C)(CN)NS(=O)(=O)c1ccc(F)c(F)c1F. The van der Waals surface area contributed by atoms with Crippen molar-refractivity contribution in [3.63, 3.8) is 0 Å². The summed E-state index contributed by atoms with van der Waals surface area (Å²) in [5.74, 6) is -5.04. The topological polar surface area (TPSA) is 72.2 Å². The van der Waals surface area contributed by atoms with Crippen molar-refractivity contribution >= 4 is 10.0 Å². The molecule has 0 unspecified atom stereocenters. The Bertz CT molecular complexity index is 558. The Kier molecular flexibility index (Phi) is 4.04. The Labute approximate surface area is 103 Å². The molecule has 102 valence electrons. The number of hydrogen-bond acceptors (Lipinski definition) is 3. The van der Waals surface area contributed by atoms with Gasteiger partial charge in [0.2, 0.25) is 10.0 Å². The molecular formula is C10H13F3N2O2S. The second-order valence-electron chi connectivity index (χ2n) is 4.37. The summed E-state index contributed by atoms with van der Waals surface area (Å²) in [5.41, 5.74) is 4.30. The average molecular weight is 282 g/mol. The van der Waals surface area contributed by atoms with Crippen molar-refractivity contribution < 1.29 is 21.6 Å². The molecule has 3 N–H and O–H groups in total. The molecule has 0 amide bonds. The Morgan fingerprint density at radius 3 is 2.28 bits per heavy atom. The van der Waals surface area contributed by atoms with Crippen molar-refractivity contribution in [2.24, 2.45) is 5.73 Å². The highest BCUT2D eigenvalue weighted by molar-refractivity contribution is 7.89. The molecule has 0 fully saturated rings. The zero-order valence-electron chi connectivity index (χ0n) is 9.80. The lowest BCUT2D eigenvalue weighted by Crippen LogP contribution is -2.48. The highest BCUT2D eigenvalue weighted by Crippen LogP contribution is 2.20. The van der Waals surface area contributed by atoms with E-state index in [4.69, 9.17) is 5.73 Å². The summed E-state index contributed by atoms with van der Waals surface area (Å²) in [6.45, 7) is 2.90. The van der Waals surface area contributed by atoms with Crippen LogP contribution in [0, 0.1) is 17.5 Å². The van der Waals surface area contributed by atoms with Crippen LogP contribution in [0.4, 0.5) is 13.2 Å². The zero-order valence-corrected chi connectivity index (χ0v) is 10.6. The van der Waals surface area contributed by atoms with Gasteiger partial charge in [0.1, 0.15) is 4.90 Å². The Morgan fingerprint density at radius 2 is 1.78 bits per heavy atom. The lowest BCUT2D eigenvalue weighted by atomic mass is 10.1. The van der Waals surface area contributed by atoms with Crippen molar-refractivity contribution in [3.05, 3.63) is 29.6 Å². The fourth-order valence-corrected chi connectivity index (χ4v) is 2.67. The third-order valence-electron chi connectivity index (χ3n) is 2.21. The number of nitrogens with two attached hydrogens (primary N) is 1. The van der Waals surface area contributed by atoms with Gasteiger partial charge in [-0.25, -0.2) is 26.3 Å². The van der Waals surface area contributed by atoms with Gasteiger partial charge in [-0.1, -0.05) is 0 Å². The van der Waals surface area contributed by atoms with Gasteiger partial charge >= 0.3 is 0 Å². The molecule has 0 aliphatic heterocycles. The van der Waals surface area contributed by atoms with Crippen LogP contribution in [-0.4, -0.2) is 20.5 Å². The van der Waals surface area contributed by atoms with Gasteiger partial charge in [-0.05, 0) is 26.0 Å². The smallest absolute Gasteiger partial charge is 0.244 e. The second-order valence-corrected chi connectivity index (χ2v) is 6.02. The maximum atomic E-state index is 13.4. The number of nitrogens with one attached hydrogen (secondary N) is 1. The summed E-state index contributed by atoms with van der Waals surface area (Å²) in [6, 6.07) is 1.20. The van der Waals surface area contributed by atoms with Gasteiger partial charge in [0.15, 0.2) is 17.5 Å². The number of rotatable bonds is 4. The largest absolute Gasteiger partial charge is 0.329 e. The molecule has 18 heavy (non-hydrogen) atoms. The van der Waals surface area contributed by atoms with Crippen molar-refractivity contribution in [1.29, 1.82) is 0 Å². The highest BCUT2D eigenvalue weighted by atomic mass is 32.2. The summed E-state index contributed by atoms with van der Waals surface area (Å²) < 4.78 is 64.7. The second kappa shape index (κ2) is 4.87. The average Bonchev–Trinajstić information content (AvgIpc) is 2.24. The van der Waals surface area contributed by atoms with Gasteiger partial charge in [-0.2, -0.15) is 0 Å². The molecule has 0 aliphatic rings. The van der Waals surface area contributed by atoms with E-state index in [0.717, 1.165) is 0 Å². The monoisotopic (exact) mass is 282 g/mol. The van der Waals surface area contributed by atoms with Gasteiger partial charge in [0, 0.05) is 12.1 Å². The fourth-order valence-electron chi connectivity index (χ4n) is 1.18. The molecule has 0 radical (unpaired) electrons. The minimum atomic E-state index is -4.31. The molecule has 4 nitrogen and oxygen atoms in total. The van der Waals surface area contributed by atoms with Crippen LogP contribution >= 0.6 is 0 Å². The molecular weight excluding hydrogens is 269 g/mol. The summed E-state index contributed by atoms with van der Waals surface area (Å²) >= 11 is 0. The van der Waals surface area contributed by atoms with Gasteiger partial charge < -0.3 is 5.73 Å². The standard InChI is InChI=1S/C10H13F3N2O2S/c1-10(2,5-14)15-18(16,17)7-4-3-6(11)8(12)9(7)13/h3-4,15H,5,14H2,1-2H3. The third kappa shape index (κ3) is 3.01. The predicted octanol–water partition coefficient (Wildman–Crippen LogP) is 1.12. The van der Waals surface area contributed by atoms with Crippen LogP contribution in [0.1, 0.15) is 13.8 Å². The van der Waals surface area contributed by atoms with E-state index in [1.807, 2.05) is 0 Å². The molecule has 0 bridgehead atoms. The van der Waals surface area contributed by atoms with Crippen molar-refractivity contribution in [2.75, 3.05) is 6.54 Å². The molecule has 0 saturated heterocycles. The first-order valence-corrected chi connectivity index (χ1v) is 6.46. The van der Waals surface area contributed by atoms with Crippen LogP contribution in [-0.2, 0) is 10.0 Å². The summed E-state index contributed by atoms with van der Waals surface area (Å²) in [4.78, 5) is -0.956. The van der Waals surface area contributed by atoms with Crippen LogP contribution in [0.2, 0.25) is 0 Å². The molecule has 0 atom stereocenters. The fraction of sp³-hybridized carbons (Fsp3) is 0.400. The maximum absolute atomic E-state index is 13.4. The Hall–Kier alpha value is -1.12. The minimum absolute atomic E-state index is 0.0441. The van der Waals surface area contributed by atoms with E-state index in [0.29, 0.717) is 12.1 Å². The Morgan fingerprint density at radius 1 is 1.22 bits per heavy atom. The Balaban J connectivity index is 3.27. The lowest BCUT2D eigenvalue weighted by molar-refractivity contribution is 0.426. The number of hydrogen-bond donors (Lipinski definition) is 2. The van der Waals surface area contributed by atoms with Crippen LogP contribution in [0.25, 0.3) is 0 Å². The molecule has 8 heteroatoms. The molecule has 1 aromatic rings. The summed E-state index contributed by atoms with van der Waals surface area (Å²) in [5, 5.41) is 0. The van der Waals surface area contributed by atoms with E-state index in [-0.39, 0.29) is 6.54 Å². The molecule has 0 aliphatic carbocycles. The van der Waals surface area contributed by atoms with Gasteiger partial charge in [0.05, 0.1) is 0 Å². The molecule has 1 aromatic carbocycles. The number of sulfonamides is 1. The quantitative estimate of drug-likeness (QED) is 0.813. The highest BCUT2D eigenvalue weighted by Gasteiger charge is 2.29. The van der Waals surface area contributed by atoms with E-state index >= 15 is 0 Å². The molecule has 1 rings (SSSR count). The van der Waals surface area contributed by atoms with E-state index in [2.05, 4.69) is 4.72 Å². The van der Waals surface area contributed by atoms with E-state index in [1.165, 1.54) is 13.8 Å². The van der Waals surface area contributed by atoms with E-state index < -0.39 is 37.9 Å². The van der Waals surface area contributed by atoms with Crippen molar-refractivity contribution in [2.45, 2.75) is 24.3 Å². The third-order valence-corrected chi connectivity index (χ3v) is 3.93. The van der Waals surface area contributed by atoms with Crippen LogP contribution in [0.3, 0.4) is 0 Å². The van der Waals surface area contributed by atoms with Gasteiger partial charge in [0.25, 0.3) is 0 Å². The molecule has 0 heterocycles.